The van der Waals surface area contributed by atoms with Crippen molar-refractivity contribution in [2.75, 3.05) is 40.9 Å². The lowest BCUT2D eigenvalue weighted by Gasteiger charge is -2.25. The summed E-state index contributed by atoms with van der Waals surface area (Å²) in [6.07, 6.45) is 77.6. The highest BCUT2D eigenvalue weighted by molar-refractivity contribution is 7.47. The van der Waals surface area contributed by atoms with E-state index in [0.717, 1.165) is 38.5 Å². The first-order chi connectivity index (χ1) is 37.5. The molecule has 3 N–H and O–H groups in total. The third-order valence-electron chi connectivity index (χ3n) is 15.9. The number of rotatable bonds is 64. The van der Waals surface area contributed by atoms with E-state index in [4.69, 9.17) is 9.05 Å². The molecule has 0 bridgehead atoms. The smallest absolute Gasteiger partial charge is 0.387 e. The molecule has 458 valence electrons. The molecule has 0 aliphatic heterocycles. The third kappa shape index (κ3) is 62.4. The summed E-state index contributed by atoms with van der Waals surface area (Å²) >= 11 is 0. The van der Waals surface area contributed by atoms with E-state index in [-0.39, 0.29) is 19.1 Å². The van der Waals surface area contributed by atoms with Gasteiger partial charge < -0.3 is 19.8 Å². The lowest BCUT2D eigenvalue weighted by molar-refractivity contribution is -0.870. The van der Waals surface area contributed by atoms with E-state index < -0.39 is 20.0 Å². The summed E-state index contributed by atoms with van der Waals surface area (Å²) in [6, 6.07) is -0.861. The van der Waals surface area contributed by atoms with Crippen LogP contribution in [-0.2, 0) is 18.4 Å². The minimum atomic E-state index is -4.36. The number of carbonyl (C=O) groups is 1. The van der Waals surface area contributed by atoms with Gasteiger partial charge in [0.25, 0.3) is 0 Å². The van der Waals surface area contributed by atoms with E-state index >= 15 is 0 Å². The van der Waals surface area contributed by atoms with Crippen molar-refractivity contribution >= 4 is 13.7 Å². The minimum absolute atomic E-state index is 0.0591. The van der Waals surface area contributed by atoms with Crippen molar-refractivity contribution in [3.8, 4) is 0 Å². The molecule has 0 aromatic rings. The van der Waals surface area contributed by atoms with E-state index in [1.54, 1.807) is 6.08 Å². The summed E-state index contributed by atoms with van der Waals surface area (Å²) < 4.78 is 23.8. The van der Waals surface area contributed by atoms with Gasteiger partial charge in [-0.15, -0.1) is 0 Å². The Hall–Kier alpha value is -1.02. The summed E-state index contributed by atoms with van der Waals surface area (Å²) in [4.78, 5) is 23.4. The number of nitrogens with zero attached hydrogens (tertiary/aromatic N) is 1. The topological polar surface area (TPSA) is 105 Å². The number of phosphoric acid groups is 1. The third-order valence-corrected chi connectivity index (χ3v) is 16.9. The molecule has 0 fully saturated rings. The van der Waals surface area contributed by atoms with Gasteiger partial charge in [-0.2, -0.15) is 0 Å². The van der Waals surface area contributed by atoms with Crippen molar-refractivity contribution in [3.63, 3.8) is 0 Å². The van der Waals surface area contributed by atoms with Gasteiger partial charge >= 0.3 is 7.82 Å². The normalized spacial score (nSPS) is 13.8. The van der Waals surface area contributed by atoms with Crippen molar-refractivity contribution in [2.24, 2.45) is 0 Å². The van der Waals surface area contributed by atoms with Crippen molar-refractivity contribution < 1.29 is 32.9 Å². The van der Waals surface area contributed by atoms with Crippen LogP contribution in [0.15, 0.2) is 24.3 Å². The number of hydrogen-bond donors (Lipinski definition) is 3. The van der Waals surface area contributed by atoms with Gasteiger partial charge in [-0.1, -0.05) is 340 Å². The molecule has 0 spiro atoms. The van der Waals surface area contributed by atoms with Gasteiger partial charge in [-0.05, 0) is 32.1 Å². The summed E-state index contributed by atoms with van der Waals surface area (Å²) in [5, 5.41) is 14.0. The fraction of sp³-hybridized carbons (Fsp3) is 0.926. The van der Waals surface area contributed by atoms with E-state index in [0.29, 0.717) is 17.4 Å². The van der Waals surface area contributed by atoms with Crippen LogP contribution in [0.4, 0.5) is 0 Å². The number of nitrogens with one attached hydrogen (secondary N) is 1. The van der Waals surface area contributed by atoms with Crippen LogP contribution in [0.1, 0.15) is 354 Å². The van der Waals surface area contributed by atoms with Gasteiger partial charge in [0, 0.05) is 6.42 Å². The Kier molecular flexibility index (Phi) is 58.8. The maximum atomic E-state index is 13.0. The Bertz CT molecular complexity index is 1300. The number of aliphatic hydroxyl groups is 1. The molecule has 8 nitrogen and oxygen atoms in total. The summed E-state index contributed by atoms with van der Waals surface area (Å²) in [5.74, 6) is -0.178. The molecule has 3 unspecified atom stereocenters. The molecule has 0 aliphatic carbocycles. The van der Waals surface area contributed by atoms with Crippen LogP contribution in [0.25, 0.3) is 0 Å². The van der Waals surface area contributed by atoms with E-state index in [2.05, 4.69) is 31.3 Å². The lowest BCUT2D eigenvalue weighted by Crippen LogP contribution is -2.45. The molecule has 0 saturated carbocycles. The molecule has 3 atom stereocenters. The number of likely N-dealkylation sites (N-methyl/N-ethyl adjacent to an activating group) is 1. The maximum Gasteiger partial charge on any atom is 0.472 e. The Morgan fingerprint density at radius 1 is 0.429 bits per heavy atom. The van der Waals surface area contributed by atoms with E-state index in [9.17, 15) is 19.4 Å². The number of unbranched alkanes of at least 4 members (excludes halogenated alkanes) is 49. The molecule has 0 aromatic heterocycles. The van der Waals surface area contributed by atoms with Crippen molar-refractivity contribution in [1.29, 1.82) is 0 Å². The number of carbonyl (C=O) groups excluding carboxylic acids is 1. The Balaban J connectivity index is 4.09. The fourth-order valence-corrected chi connectivity index (χ4v) is 11.3. The average Bonchev–Trinajstić information content (AvgIpc) is 3.39. The molecule has 77 heavy (non-hydrogen) atoms. The zero-order valence-corrected chi connectivity index (χ0v) is 53.4. The average molecular weight is 1110 g/mol. The van der Waals surface area contributed by atoms with Crippen LogP contribution >= 0.6 is 7.82 Å². The molecule has 1 amide bonds. The fourth-order valence-electron chi connectivity index (χ4n) is 10.6. The van der Waals surface area contributed by atoms with Crippen LogP contribution in [0.5, 0.6) is 0 Å². The van der Waals surface area contributed by atoms with Crippen molar-refractivity contribution in [3.05, 3.63) is 24.3 Å². The highest BCUT2D eigenvalue weighted by Crippen LogP contribution is 2.43. The Morgan fingerprint density at radius 2 is 0.714 bits per heavy atom. The molecule has 0 saturated heterocycles. The van der Waals surface area contributed by atoms with E-state index in [1.165, 1.54) is 295 Å². The number of aliphatic hydroxyl groups excluding tert-OH is 1. The zero-order chi connectivity index (χ0) is 56.3. The number of amides is 1. The van der Waals surface area contributed by atoms with Crippen molar-refractivity contribution in [1.82, 2.24) is 5.32 Å². The van der Waals surface area contributed by atoms with Gasteiger partial charge in [0.1, 0.15) is 13.2 Å². The van der Waals surface area contributed by atoms with E-state index in [1.807, 2.05) is 27.2 Å². The standard InChI is InChI=1S/C68H135N2O6P/c1-6-8-10-12-14-16-18-20-22-24-26-28-30-32-34-36-37-39-41-43-45-47-49-51-53-55-57-59-61-67(71)66(65-76-77(73,74)75-64-63-70(3,4)5)69-68(72)62-60-58-56-54-52-50-48-46-44-42-40-38-35-33-31-29-27-25-23-21-19-17-15-13-11-9-7-2/h51,53,59,61,66-67,71H,6-50,52,54-58,60,62-65H2,1-5H3,(H-,69,72,73,74)/p+1/b53-51+,61-59+. The predicted molar refractivity (Wildman–Crippen MR) is 337 cm³/mol. The first-order valence-electron chi connectivity index (χ1n) is 34.2. The van der Waals surface area contributed by atoms with Gasteiger partial charge in [-0.25, -0.2) is 4.57 Å². The predicted octanol–water partition coefficient (Wildman–Crippen LogP) is 21.5. The zero-order valence-electron chi connectivity index (χ0n) is 52.5. The summed E-state index contributed by atoms with van der Waals surface area (Å²) in [5.41, 5.74) is 0. The van der Waals surface area contributed by atoms with Gasteiger partial charge in [0.2, 0.25) is 5.91 Å². The summed E-state index contributed by atoms with van der Waals surface area (Å²) in [6.45, 7) is 4.86. The van der Waals surface area contributed by atoms with Crippen molar-refractivity contribution in [2.45, 2.75) is 366 Å². The molecule has 9 heteroatoms. The molecule has 0 aliphatic rings. The molecule has 0 heterocycles. The second kappa shape index (κ2) is 59.6. The minimum Gasteiger partial charge on any atom is -0.387 e. The number of quaternary nitrogens is 1. The molecular formula is C68H136N2O6P+. The van der Waals surface area contributed by atoms with Gasteiger partial charge in [0.05, 0.1) is 39.9 Å². The first kappa shape index (κ1) is 76.0. The van der Waals surface area contributed by atoms with Crippen LogP contribution in [-0.4, -0.2) is 73.4 Å². The summed E-state index contributed by atoms with van der Waals surface area (Å²) in [7, 11) is 1.57. The van der Waals surface area contributed by atoms with Crippen LogP contribution in [0.2, 0.25) is 0 Å². The lowest BCUT2D eigenvalue weighted by atomic mass is 10.0. The van der Waals surface area contributed by atoms with Crippen LogP contribution in [0.3, 0.4) is 0 Å². The monoisotopic (exact) mass is 1110 g/mol. The second-order valence-corrected chi connectivity index (χ2v) is 26.4. The molecule has 0 rings (SSSR count). The van der Waals surface area contributed by atoms with Crippen LogP contribution in [0, 0.1) is 0 Å². The quantitative estimate of drug-likeness (QED) is 0.0243. The maximum absolute atomic E-state index is 13.0. The Morgan fingerprint density at radius 3 is 1.04 bits per heavy atom. The van der Waals surface area contributed by atoms with Crippen LogP contribution < -0.4 is 5.32 Å². The largest absolute Gasteiger partial charge is 0.472 e. The number of phosphoric ester groups is 1. The molecule has 0 radical (unpaired) electrons. The highest BCUT2D eigenvalue weighted by atomic mass is 31.2. The number of hydrogen-bond acceptors (Lipinski definition) is 5. The highest BCUT2D eigenvalue weighted by Gasteiger charge is 2.28. The van der Waals surface area contributed by atoms with Gasteiger partial charge in [0.15, 0.2) is 0 Å². The first-order valence-corrected chi connectivity index (χ1v) is 35.7. The van der Waals surface area contributed by atoms with Gasteiger partial charge in [-0.3, -0.25) is 13.8 Å². The molecule has 0 aromatic carbocycles. The SMILES string of the molecule is CCCCCCCCCCCCCCCCCCCCCCCC/C=C/CC/C=C/C(O)C(COP(=O)(O)OCC[N+](C)(C)C)NC(=O)CCCCCCCCCCCCCCCCCCCCCCCCCCCCC. The molecular weight excluding hydrogens is 972 g/mol. The second-order valence-electron chi connectivity index (χ2n) is 24.9. The Labute approximate surface area is 481 Å². The number of allylic oxidation sites excluding steroid dienone is 3.